The third-order valence-corrected chi connectivity index (χ3v) is 3.92. The summed E-state index contributed by atoms with van der Waals surface area (Å²) in [6, 6.07) is 0. The molecule has 0 bridgehead atoms. The Kier molecular flexibility index (Phi) is 4.44. The lowest BCUT2D eigenvalue weighted by Crippen LogP contribution is -2.53. The Morgan fingerprint density at radius 2 is 1.78 bits per heavy atom. The van der Waals surface area contributed by atoms with Gasteiger partial charge in [0.1, 0.15) is 5.41 Å². The Labute approximate surface area is 110 Å². The van der Waals surface area contributed by atoms with E-state index in [0.717, 1.165) is 12.8 Å². The first-order chi connectivity index (χ1) is 8.25. The highest BCUT2D eigenvalue weighted by molar-refractivity contribution is 5.79. The van der Waals surface area contributed by atoms with Crippen molar-refractivity contribution in [1.29, 1.82) is 0 Å². The van der Waals surface area contributed by atoms with Crippen LogP contribution in [-0.4, -0.2) is 18.4 Å². The maximum atomic E-state index is 12.5. The number of hydrogen-bond acceptors (Lipinski definition) is 4. The van der Waals surface area contributed by atoms with Crippen molar-refractivity contribution in [3.8, 4) is 0 Å². The van der Waals surface area contributed by atoms with Crippen molar-refractivity contribution in [2.45, 2.75) is 66.6 Å². The zero-order chi connectivity index (χ0) is 14.0. The van der Waals surface area contributed by atoms with Crippen LogP contribution in [0.5, 0.6) is 0 Å². The summed E-state index contributed by atoms with van der Waals surface area (Å²) in [5.74, 6) is -1.07. The van der Waals surface area contributed by atoms with Crippen LogP contribution in [0.4, 0.5) is 0 Å². The molecule has 1 fully saturated rings. The third-order valence-electron chi connectivity index (χ3n) is 3.92. The van der Waals surface area contributed by atoms with Gasteiger partial charge in [-0.25, -0.2) is 0 Å². The first kappa shape index (κ1) is 15.4. The van der Waals surface area contributed by atoms with Crippen LogP contribution >= 0.6 is 0 Å². The molecule has 1 saturated heterocycles. The van der Waals surface area contributed by atoms with Crippen LogP contribution in [0.25, 0.3) is 0 Å². The number of carbonyl (C=O) groups is 1. The van der Waals surface area contributed by atoms with Crippen molar-refractivity contribution in [1.82, 2.24) is 0 Å². The molecule has 0 amide bonds. The molecule has 106 valence electrons. The summed E-state index contributed by atoms with van der Waals surface area (Å²) in [6.45, 7) is 12.2. The topological polar surface area (TPSA) is 51.4 Å². The number of carbonyl (C=O) groups excluding carboxylic acids is 1. The normalized spacial score (nSPS) is 21.2. The van der Waals surface area contributed by atoms with Crippen LogP contribution in [0.2, 0.25) is 0 Å². The number of rotatable bonds is 6. The van der Waals surface area contributed by atoms with E-state index >= 15 is 0 Å². The summed E-state index contributed by atoms with van der Waals surface area (Å²) >= 11 is 0. The van der Waals surface area contributed by atoms with Gasteiger partial charge in [-0.3, -0.25) is 4.79 Å². The van der Waals surface area contributed by atoms with Crippen LogP contribution in [0.15, 0.2) is 0 Å². The molecule has 4 nitrogen and oxygen atoms in total. The fraction of sp³-hybridized carbons (Fsp3) is 0.929. The molecule has 1 aliphatic heterocycles. The quantitative estimate of drug-likeness (QED) is 0.416. The van der Waals surface area contributed by atoms with E-state index in [4.69, 9.17) is 14.5 Å². The Bertz CT molecular complexity index is 294. The van der Waals surface area contributed by atoms with Gasteiger partial charge in [-0.2, -0.15) is 9.78 Å². The lowest BCUT2D eigenvalue weighted by molar-refractivity contribution is -0.172. The first-order valence-corrected chi connectivity index (χ1v) is 6.79. The standard InChI is InChI=1S/C14H26O4/c1-7-9-10-14(12(3,4)5,11(15)16-8-2)13(6)17-18-13/h7-10H2,1-6H3. The molecule has 0 aromatic heterocycles. The van der Waals surface area contributed by atoms with E-state index in [9.17, 15) is 4.79 Å². The zero-order valence-electron chi connectivity index (χ0n) is 12.5. The summed E-state index contributed by atoms with van der Waals surface area (Å²) in [6.07, 6.45) is 2.67. The molecular weight excluding hydrogens is 232 g/mol. The highest BCUT2D eigenvalue weighted by Crippen LogP contribution is 2.59. The number of unbranched alkanes of at least 4 members (excludes halogenated alkanes) is 1. The van der Waals surface area contributed by atoms with E-state index in [1.165, 1.54) is 0 Å². The average molecular weight is 258 g/mol. The zero-order valence-corrected chi connectivity index (χ0v) is 12.5. The van der Waals surface area contributed by atoms with Crippen LogP contribution in [0.1, 0.15) is 60.8 Å². The number of hydrogen-bond donors (Lipinski definition) is 0. The van der Waals surface area contributed by atoms with Crippen molar-refractivity contribution >= 4 is 5.97 Å². The van der Waals surface area contributed by atoms with E-state index in [-0.39, 0.29) is 11.4 Å². The maximum absolute atomic E-state index is 12.5. The van der Waals surface area contributed by atoms with E-state index in [1.54, 1.807) is 0 Å². The second-order valence-corrected chi connectivity index (χ2v) is 6.09. The molecule has 0 radical (unpaired) electrons. The van der Waals surface area contributed by atoms with Gasteiger partial charge in [0, 0.05) is 0 Å². The molecule has 18 heavy (non-hydrogen) atoms. The first-order valence-electron chi connectivity index (χ1n) is 6.79. The molecule has 0 saturated carbocycles. The van der Waals surface area contributed by atoms with Gasteiger partial charge >= 0.3 is 5.97 Å². The lowest BCUT2D eigenvalue weighted by atomic mass is 9.60. The fourth-order valence-corrected chi connectivity index (χ4v) is 2.78. The molecule has 1 aliphatic rings. The molecule has 0 N–H and O–H groups in total. The predicted molar refractivity (Wildman–Crippen MR) is 68.6 cm³/mol. The molecule has 0 aromatic rings. The summed E-state index contributed by atoms with van der Waals surface area (Å²) in [5.41, 5.74) is -1.05. The average Bonchev–Trinajstić information content (AvgIpc) is 2.97. The molecule has 4 heteroatoms. The van der Waals surface area contributed by atoms with Gasteiger partial charge in [0.25, 0.3) is 0 Å². The molecule has 0 spiro atoms. The van der Waals surface area contributed by atoms with E-state index in [1.807, 2.05) is 34.6 Å². The van der Waals surface area contributed by atoms with E-state index in [0.29, 0.717) is 13.0 Å². The smallest absolute Gasteiger partial charge is 0.318 e. The predicted octanol–water partition coefficient (Wildman–Crippen LogP) is 3.45. The molecular formula is C14H26O4. The van der Waals surface area contributed by atoms with Crippen LogP contribution in [0, 0.1) is 10.8 Å². The third kappa shape index (κ3) is 2.41. The van der Waals surface area contributed by atoms with Crippen LogP contribution in [0.3, 0.4) is 0 Å². The van der Waals surface area contributed by atoms with Crippen molar-refractivity contribution in [3.63, 3.8) is 0 Å². The largest absolute Gasteiger partial charge is 0.465 e. The monoisotopic (exact) mass is 258 g/mol. The van der Waals surface area contributed by atoms with Crippen molar-refractivity contribution in [2.24, 2.45) is 10.8 Å². The Hall–Kier alpha value is -0.610. The van der Waals surface area contributed by atoms with Gasteiger partial charge in [-0.05, 0) is 25.7 Å². The van der Waals surface area contributed by atoms with Crippen molar-refractivity contribution in [3.05, 3.63) is 0 Å². The van der Waals surface area contributed by atoms with Gasteiger partial charge < -0.3 is 4.74 Å². The summed E-state index contributed by atoms with van der Waals surface area (Å²) in [5, 5.41) is 0. The summed E-state index contributed by atoms with van der Waals surface area (Å²) < 4.78 is 5.30. The lowest BCUT2D eigenvalue weighted by Gasteiger charge is -2.43. The SMILES string of the molecule is CCCCC(C(=O)OCC)(C(C)(C)C)C1(C)OO1. The second kappa shape index (κ2) is 5.17. The van der Waals surface area contributed by atoms with Crippen LogP contribution in [-0.2, 0) is 19.3 Å². The molecule has 1 rings (SSSR count). The molecule has 0 aromatic carbocycles. The van der Waals surface area contributed by atoms with Gasteiger partial charge in [0.15, 0.2) is 0 Å². The van der Waals surface area contributed by atoms with Gasteiger partial charge in [0.2, 0.25) is 5.79 Å². The molecule has 1 atom stereocenters. The Morgan fingerprint density at radius 3 is 2.11 bits per heavy atom. The number of esters is 1. The molecule has 0 aliphatic carbocycles. The minimum absolute atomic E-state index is 0.217. The molecule has 1 unspecified atom stereocenters. The van der Waals surface area contributed by atoms with E-state index in [2.05, 4.69) is 6.92 Å². The van der Waals surface area contributed by atoms with Gasteiger partial charge in [-0.15, -0.1) is 0 Å². The Balaban J connectivity index is 3.14. The van der Waals surface area contributed by atoms with Crippen molar-refractivity contribution in [2.75, 3.05) is 6.61 Å². The van der Waals surface area contributed by atoms with Crippen molar-refractivity contribution < 1.29 is 19.3 Å². The minimum atomic E-state index is -0.854. The van der Waals surface area contributed by atoms with E-state index < -0.39 is 11.2 Å². The highest BCUT2D eigenvalue weighted by atomic mass is 17.4. The fourth-order valence-electron chi connectivity index (χ4n) is 2.78. The van der Waals surface area contributed by atoms with Gasteiger partial charge in [-0.1, -0.05) is 40.5 Å². The second-order valence-electron chi connectivity index (χ2n) is 6.09. The van der Waals surface area contributed by atoms with Gasteiger partial charge in [0.05, 0.1) is 6.61 Å². The minimum Gasteiger partial charge on any atom is -0.465 e. The summed E-state index contributed by atoms with van der Waals surface area (Å²) in [7, 11) is 0. The maximum Gasteiger partial charge on any atom is 0.318 e. The highest BCUT2D eigenvalue weighted by Gasteiger charge is 2.71. The number of ether oxygens (including phenoxy) is 1. The van der Waals surface area contributed by atoms with Crippen LogP contribution < -0.4 is 0 Å². The molecule has 1 heterocycles. The Morgan fingerprint density at radius 1 is 1.22 bits per heavy atom. The summed E-state index contributed by atoms with van der Waals surface area (Å²) in [4.78, 5) is 22.8.